The maximum absolute atomic E-state index is 13.0. The van der Waals surface area contributed by atoms with Gasteiger partial charge in [0.2, 0.25) is 0 Å². The third-order valence-corrected chi connectivity index (χ3v) is 6.37. The van der Waals surface area contributed by atoms with Gasteiger partial charge >= 0.3 is 6.18 Å². The van der Waals surface area contributed by atoms with Crippen molar-refractivity contribution in [3.05, 3.63) is 87.0 Å². The molecule has 0 atom stereocenters. The first-order chi connectivity index (χ1) is 16.0. The number of nitrogens with zero attached hydrogens (tertiary/aromatic N) is 1. The summed E-state index contributed by atoms with van der Waals surface area (Å²) in [6.45, 7) is 1.83. The lowest BCUT2D eigenvalue weighted by Crippen LogP contribution is -2.44. The highest BCUT2D eigenvalue weighted by Crippen LogP contribution is 2.35. The molecular weight excluding hydrogens is 509 g/mol. The fourth-order valence-corrected chi connectivity index (χ4v) is 4.57. The zero-order valence-corrected chi connectivity index (χ0v) is 19.7. The van der Waals surface area contributed by atoms with E-state index in [-0.39, 0.29) is 36.9 Å². The summed E-state index contributed by atoms with van der Waals surface area (Å²) in [7, 11) is 0. The van der Waals surface area contributed by atoms with Crippen molar-refractivity contribution in [1.82, 2.24) is 10.4 Å². The van der Waals surface area contributed by atoms with Crippen molar-refractivity contribution in [3.63, 3.8) is 0 Å². The van der Waals surface area contributed by atoms with Crippen LogP contribution in [0.3, 0.4) is 0 Å². The van der Waals surface area contributed by atoms with Crippen molar-refractivity contribution in [2.24, 2.45) is 0 Å². The van der Waals surface area contributed by atoms with E-state index >= 15 is 0 Å². The van der Waals surface area contributed by atoms with Gasteiger partial charge in [0.1, 0.15) is 11.5 Å². The van der Waals surface area contributed by atoms with Crippen molar-refractivity contribution in [2.45, 2.75) is 13.1 Å². The number of hydrazine groups is 1. The van der Waals surface area contributed by atoms with Crippen LogP contribution in [0.25, 0.3) is 17.4 Å². The molecule has 0 aliphatic carbocycles. The Morgan fingerprint density at radius 2 is 1.94 bits per heavy atom. The van der Waals surface area contributed by atoms with E-state index in [0.29, 0.717) is 0 Å². The number of aryl methyl sites for hydroxylation is 1. The average Bonchev–Trinajstić information content (AvgIpc) is 3.33. The Balaban J connectivity index is 1.52. The second kappa shape index (κ2) is 9.28. The monoisotopic (exact) mass is 522 g/mol. The van der Waals surface area contributed by atoms with Crippen LogP contribution in [-0.4, -0.2) is 21.1 Å². The number of alkyl halides is 3. The van der Waals surface area contributed by atoms with Crippen LogP contribution in [0.2, 0.25) is 5.02 Å². The maximum Gasteiger partial charge on any atom is 0.416 e. The highest BCUT2D eigenvalue weighted by Gasteiger charge is 2.34. The number of halogens is 4. The number of carbonyl (C=O) groups excluding carboxylic acids is 2. The Bertz CT molecular complexity index is 1350. The summed E-state index contributed by atoms with van der Waals surface area (Å²) in [5.74, 6) is -0.744. The number of benzene rings is 2. The van der Waals surface area contributed by atoms with Crippen LogP contribution in [-0.2, 0) is 11.0 Å². The summed E-state index contributed by atoms with van der Waals surface area (Å²) < 4.78 is 44.7. The zero-order valence-electron chi connectivity index (χ0n) is 17.3. The topological polar surface area (TPSA) is 62.6 Å². The van der Waals surface area contributed by atoms with Gasteiger partial charge in [0.25, 0.3) is 11.8 Å². The summed E-state index contributed by atoms with van der Waals surface area (Å²) in [6.07, 6.45) is -3.08. The van der Waals surface area contributed by atoms with E-state index < -0.39 is 23.6 Å². The molecule has 34 heavy (non-hydrogen) atoms. The molecule has 1 N–H and O–H groups in total. The van der Waals surface area contributed by atoms with Crippen LogP contribution in [0.4, 0.5) is 13.2 Å². The molecule has 1 aliphatic rings. The number of hydrogen-bond acceptors (Lipinski definition) is 5. The standard InChI is InChI=1S/C23H14ClF3N2O3S2/c1-12-5-7-16(17(24)9-12)20(30)28-29-21(31)19(34-22(29)33)11-15-6-8-18(32-15)13-3-2-4-14(10-13)23(25,26)27/h2-11H,1H3,(H,28,30)/b19-11+. The molecule has 11 heteroatoms. The first-order valence-electron chi connectivity index (χ1n) is 9.65. The van der Waals surface area contributed by atoms with Crippen LogP contribution in [0, 0.1) is 6.92 Å². The summed E-state index contributed by atoms with van der Waals surface area (Å²) >= 11 is 12.3. The number of thiocarbonyl (C=S) groups is 1. The number of thioether (sulfide) groups is 1. The van der Waals surface area contributed by atoms with E-state index in [1.54, 1.807) is 18.2 Å². The smallest absolute Gasteiger partial charge is 0.416 e. The summed E-state index contributed by atoms with van der Waals surface area (Å²) in [4.78, 5) is 25.5. The minimum atomic E-state index is -4.48. The van der Waals surface area contributed by atoms with Gasteiger partial charge in [0.05, 0.1) is 21.1 Å². The van der Waals surface area contributed by atoms with Gasteiger partial charge in [-0.15, -0.1) is 0 Å². The van der Waals surface area contributed by atoms with Crippen LogP contribution in [0.15, 0.2) is 63.9 Å². The lowest BCUT2D eigenvalue weighted by Gasteiger charge is -2.16. The lowest BCUT2D eigenvalue weighted by molar-refractivity contribution is -0.137. The van der Waals surface area contributed by atoms with Crippen molar-refractivity contribution >= 4 is 57.8 Å². The molecule has 0 unspecified atom stereocenters. The van der Waals surface area contributed by atoms with Crippen molar-refractivity contribution in [1.29, 1.82) is 0 Å². The Morgan fingerprint density at radius 3 is 2.65 bits per heavy atom. The molecule has 0 saturated carbocycles. The highest BCUT2D eigenvalue weighted by atomic mass is 35.5. The zero-order chi connectivity index (χ0) is 24.6. The van der Waals surface area contributed by atoms with Gasteiger partial charge in [-0.1, -0.05) is 41.6 Å². The predicted octanol–water partition coefficient (Wildman–Crippen LogP) is 6.47. The largest absolute Gasteiger partial charge is 0.457 e. The van der Waals surface area contributed by atoms with Crippen molar-refractivity contribution in [2.75, 3.05) is 0 Å². The van der Waals surface area contributed by atoms with Crippen molar-refractivity contribution in [3.8, 4) is 11.3 Å². The molecular formula is C23H14ClF3N2O3S2. The highest BCUT2D eigenvalue weighted by molar-refractivity contribution is 8.26. The van der Waals surface area contributed by atoms with Gasteiger partial charge in [-0.25, -0.2) is 0 Å². The van der Waals surface area contributed by atoms with Crippen LogP contribution in [0.5, 0.6) is 0 Å². The third kappa shape index (κ3) is 5.03. The molecule has 3 aromatic rings. The van der Waals surface area contributed by atoms with Gasteiger partial charge in [0.15, 0.2) is 4.32 Å². The van der Waals surface area contributed by atoms with Gasteiger partial charge < -0.3 is 4.42 Å². The number of rotatable bonds is 4. The molecule has 0 bridgehead atoms. The Morgan fingerprint density at radius 1 is 1.18 bits per heavy atom. The molecule has 5 nitrogen and oxygen atoms in total. The predicted molar refractivity (Wildman–Crippen MR) is 128 cm³/mol. The van der Waals surface area contributed by atoms with Gasteiger partial charge in [0, 0.05) is 11.6 Å². The first kappa shape index (κ1) is 24.1. The van der Waals surface area contributed by atoms with Crippen LogP contribution in [0.1, 0.15) is 27.2 Å². The average molecular weight is 523 g/mol. The fourth-order valence-electron chi connectivity index (χ4n) is 3.09. The number of carbonyl (C=O) groups is 2. The second-order valence-electron chi connectivity index (χ2n) is 7.22. The fraction of sp³-hybridized carbons (Fsp3) is 0.0870. The number of furan rings is 1. The maximum atomic E-state index is 13.0. The SMILES string of the molecule is Cc1ccc(C(=O)NN2C(=O)/C(=C\c3ccc(-c4cccc(C(F)(F)F)c4)o3)SC2=S)c(Cl)c1. The van der Waals surface area contributed by atoms with Crippen LogP contribution < -0.4 is 5.43 Å². The van der Waals surface area contributed by atoms with E-state index in [0.717, 1.165) is 34.5 Å². The molecule has 4 rings (SSSR count). The van der Waals surface area contributed by atoms with E-state index in [4.69, 9.17) is 28.2 Å². The third-order valence-electron chi connectivity index (χ3n) is 4.75. The second-order valence-corrected chi connectivity index (χ2v) is 9.30. The summed E-state index contributed by atoms with van der Waals surface area (Å²) in [5.41, 5.74) is 2.94. The molecule has 1 aliphatic heterocycles. The first-order valence-corrected chi connectivity index (χ1v) is 11.3. The number of amides is 2. The quantitative estimate of drug-likeness (QED) is 0.314. The molecule has 174 valence electrons. The summed E-state index contributed by atoms with van der Waals surface area (Å²) in [5, 5.41) is 1.16. The molecule has 1 fully saturated rings. The van der Waals surface area contributed by atoms with E-state index in [9.17, 15) is 22.8 Å². The normalized spacial score (nSPS) is 15.3. The van der Waals surface area contributed by atoms with E-state index in [1.807, 2.05) is 6.92 Å². The van der Waals surface area contributed by atoms with E-state index in [1.165, 1.54) is 30.3 Å². The summed E-state index contributed by atoms with van der Waals surface area (Å²) in [6, 6.07) is 12.6. The molecule has 2 amide bonds. The Hall–Kier alpha value is -3.08. The Labute approximate surface area is 206 Å². The minimum Gasteiger partial charge on any atom is -0.457 e. The molecule has 1 aromatic heterocycles. The molecule has 0 radical (unpaired) electrons. The van der Waals surface area contributed by atoms with Crippen molar-refractivity contribution < 1.29 is 27.2 Å². The number of hydrogen-bond donors (Lipinski definition) is 1. The van der Waals surface area contributed by atoms with Gasteiger partial charge in [-0.05, 0) is 61.1 Å². The van der Waals surface area contributed by atoms with Crippen LogP contribution >= 0.6 is 35.6 Å². The lowest BCUT2D eigenvalue weighted by atomic mass is 10.1. The molecule has 2 aromatic carbocycles. The van der Waals surface area contributed by atoms with Gasteiger partial charge in [-0.3, -0.25) is 15.0 Å². The Kier molecular flexibility index (Phi) is 6.57. The molecule has 0 spiro atoms. The number of nitrogens with one attached hydrogen (secondary N) is 1. The molecule has 1 saturated heterocycles. The minimum absolute atomic E-state index is 0.0949. The van der Waals surface area contributed by atoms with E-state index in [2.05, 4.69) is 5.43 Å². The molecule has 2 heterocycles. The van der Waals surface area contributed by atoms with Gasteiger partial charge in [-0.2, -0.15) is 18.2 Å².